The van der Waals surface area contributed by atoms with Gasteiger partial charge in [-0.15, -0.1) is 0 Å². The minimum absolute atomic E-state index is 0.0325. The summed E-state index contributed by atoms with van der Waals surface area (Å²) >= 11 is 0. The van der Waals surface area contributed by atoms with E-state index in [4.69, 9.17) is 4.74 Å². The molecule has 3 aromatic rings. The lowest BCUT2D eigenvalue weighted by Gasteiger charge is -2.09. The van der Waals surface area contributed by atoms with Crippen molar-refractivity contribution < 1.29 is 9.53 Å². The molecule has 0 bridgehead atoms. The van der Waals surface area contributed by atoms with Crippen LogP contribution in [0.2, 0.25) is 0 Å². The van der Waals surface area contributed by atoms with Crippen molar-refractivity contribution in [2.75, 3.05) is 11.9 Å². The highest BCUT2D eigenvalue weighted by Crippen LogP contribution is 2.21. The fourth-order valence-electron chi connectivity index (χ4n) is 2.37. The number of aryl methyl sites for hydroxylation is 2. The van der Waals surface area contributed by atoms with Gasteiger partial charge in [-0.3, -0.25) is 9.89 Å². The van der Waals surface area contributed by atoms with Crippen LogP contribution in [0.5, 0.6) is 5.75 Å². The quantitative estimate of drug-likeness (QED) is 0.753. The van der Waals surface area contributed by atoms with E-state index in [1.54, 1.807) is 0 Å². The van der Waals surface area contributed by atoms with E-state index in [1.807, 2.05) is 68.4 Å². The van der Waals surface area contributed by atoms with Crippen LogP contribution in [0.25, 0.3) is 11.3 Å². The molecule has 1 aromatic heterocycles. The Labute approximate surface area is 140 Å². The molecular formula is C19H19N3O2. The van der Waals surface area contributed by atoms with E-state index in [2.05, 4.69) is 15.5 Å². The Balaban J connectivity index is 1.62. The molecule has 24 heavy (non-hydrogen) atoms. The molecule has 5 nitrogen and oxygen atoms in total. The van der Waals surface area contributed by atoms with Crippen LogP contribution >= 0.6 is 0 Å². The third kappa shape index (κ3) is 4.01. The van der Waals surface area contributed by atoms with Crippen molar-refractivity contribution in [2.45, 2.75) is 13.8 Å². The number of amides is 1. The molecule has 5 heteroatoms. The van der Waals surface area contributed by atoms with Gasteiger partial charge in [-0.05, 0) is 49.7 Å². The highest BCUT2D eigenvalue weighted by atomic mass is 16.5. The van der Waals surface area contributed by atoms with Gasteiger partial charge in [-0.25, -0.2) is 0 Å². The van der Waals surface area contributed by atoms with E-state index in [-0.39, 0.29) is 12.5 Å². The summed E-state index contributed by atoms with van der Waals surface area (Å²) in [6.45, 7) is 3.90. The molecule has 0 aliphatic carbocycles. The van der Waals surface area contributed by atoms with Gasteiger partial charge < -0.3 is 10.1 Å². The first-order valence-electron chi connectivity index (χ1n) is 7.72. The summed E-state index contributed by atoms with van der Waals surface area (Å²) in [6, 6.07) is 17.1. The molecule has 122 valence electrons. The van der Waals surface area contributed by atoms with Gasteiger partial charge in [0.25, 0.3) is 5.91 Å². The van der Waals surface area contributed by atoms with Crippen molar-refractivity contribution in [2.24, 2.45) is 0 Å². The number of carbonyl (C=O) groups excluding carboxylic acids is 1. The smallest absolute Gasteiger partial charge is 0.262 e. The number of nitrogens with zero attached hydrogens (tertiary/aromatic N) is 1. The largest absolute Gasteiger partial charge is 0.484 e. The highest BCUT2D eigenvalue weighted by Gasteiger charge is 2.07. The molecule has 2 N–H and O–H groups in total. The van der Waals surface area contributed by atoms with Crippen LogP contribution in [0.4, 0.5) is 5.69 Å². The molecule has 0 aliphatic heterocycles. The number of rotatable bonds is 5. The summed E-state index contributed by atoms with van der Waals surface area (Å²) in [6.07, 6.45) is 0. The second-order valence-corrected chi connectivity index (χ2v) is 5.67. The lowest BCUT2D eigenvalue weighted by molar-refractivity contribution is -0.118. The maximum atomic E-state index is 12.1. The number of hydrogen-bond acceptors (Lipinski definition) is 3. The van der Waals surface area contributed by atoms with Gasteiger partial charge in [-0.1, -0.05) is 24.3 Å². The van der Waals surface area contributed by atoms with Gasteiger partial charge >= 0.3 is 0 Å². The molecule has 0 unspecified atom stereocenters. The maximum absolute atomic E-state index is 12.1. The van der Waals surface area contributed by atoms with Gasteiger partial charge in [0, 0.05) is 16.9 Å². The average Bonchev–Trinajstić information content (AvgIpc) is 3.00. The van der Waals surface area contributed by atoms with Gasteiger partial charge in [0.15, 0.2) is 6.61 Å². The number of H-pyrrole nitrogens is 1. The second-order valence-electron chi connectivity index (χ2n) is 5.67. The van der Waals surface area contributed by atoms with Crippen molar-refractivity contribution in [3.05, 3.63) is 65.9 Å². The minimum atomic E-state index is -0.202. The van der Waals surface area contributed by atoms with Crippen LogP contribution in [0, 0.1) is 13.8 Å². The number of aromatic amines is 1. The Hall–Kier alpha value is -3.08. The summed E-state index contributed by atoms with van der Waals surface area (Å²) in [7, 11) is 0. The van der Waals surface area contributed by atoms with Gasteiger partial charge in [-0.2, -0.15) is 5.10 Å². The molecule has 0 aliphatic rings. The van der Waals surface area contributed by atoms with E-state index in [0.717, 1.165) is 22.5 Å². The molecule has 0 atom stereocenters. The molecule has 0 saturated heterocycles. The summed E-state index contributed by atoms with van der Waals surface area (Å²) in [5, 5.41) is 9.98. The first kappa shape index (κ1) is 15.8. The Morgan fingerprint density at radius 2 is 1.96 bits per heavy atom. The van der Waals surface area contributed by atoms with Crippen LogP contribution in [-0.4, -0.2) is 22.7 Å². The topological polar surface area (TPSA) is 67.0 Å². The number of hydrogen-bond donors (Lipinski definition) is 2. The Morgan fingerprint density at radius 3 is 2.71 bits per heavy atom. The summed E-state index contributed by atoms with van der Waals surface area (Å²) in [5.74, 6) is 0.484. The third-order valence-corrected chi connectivity index (χ3v) is 3.51. The van der Waals surface area contributed by atoms with Crippen molar-refractivity contribution in [1.29, 1.82) is 0 Å². The molecule has 0 spiro atoms. The van der Waals surface area contributed by atoms with Gasteiger partial charge in [0.1, 0.15) is 5.75 Å². The van der Waals surface area contributed by atoms with E-state index < -0.39 is 0 Å². The van der Waals surface area contributed by atoms with E-state index in [0.29, 0.717) is 11.4 Å². The lowest BCUT2D eigenvalue weighted by atomic mass is 10.1. The number of aromatic nitrogens is 2. The van der Waals surface area contributed by atoms with Crippen LogP contribution < -0.4 is 10.1 Å². The van der Waals surface area contributed by atoms with E-state index >= 15 is 0 Å². The fourth-order valence-corrected chi connectivity index (χ4v) is 2.37. The number of carbonyl (C=O) groups is 1. The van der Waals surface area contributed by atoms with Gasteiger partial charge in [0.05, 0.1) is 5.69 Å². The second kappa shape index (κ2) is 7.00. The predicted molar refractivity (Wildman–Crippen MR) is 94.1 cm³/mol. The predicted octanol–water partition coefficient (Wildman–Crippen LogP) is 3.71. The van der Waals surface area contributed by atoms with Crippen LogP contribution in [0.1, 0.15) is 11.3 Å². The molecule has 1 amide bonds. The average molecular weight is 321 g/mol. The Bertz CT molecular complexity index is 855. The molecule has 3 rings (SSSR count). The van der Waals surface area contributed by atoms with Crippen LogP contribution in [0.15, 0.2) is 54.6 Å². The monoisotopic (exact) mass is 321 g/mol. The zero-order valence-corrected chi connectivity index (χ0v) is 13.7. The SMILES string of the molecule is Cc1cccc(OCC(=O)Nc2cccc(-c3cc(C)[nH]n3)c2)c1. The first-order chi connectivity index (χ1) is 11.6. The van der Waals surface area contributed by atoms with E-state index in [1.165, 1.54) is 0 Å². The lowest BCUT2D eigenvalue weighted by Crippen LogP contribution is -2.20. The van der Waals surface area contributed by atoms with E-state index in [9.17, 15) is 4.79 Å². The summed E-state index contributed by atoms with van der Waals surface area (Å²) in [5.41, 5.74) is 4.59. The van der Waals surface area contributed by atoms with Crippen molar-refractivity contribution in [3.8, 4) is 17.0 Å². The zero-order valence-electron chi connectivity index (χ0n) is 13.7. The minimum Gasteiger partial charge on any atom is -0.484 e. The van der Waals surface area contributed by atoms with Crippen molar-refractivity contribution >= 4 is 11.6 Å². The maximum Gasteiger partial charge on any atom is 0.262 e. The number of nitrogens with one attached hydrogen (secondary N) is 2. The van der Waals surface area contributed by atoms with Crippen molar-refractivity contribution in [3.63, 3.8) is 0 Å². The van der Waals surface area contributed by atoms with Gasteiger partial charge in [0.2, 0.25) is 0 Å². The molecule has 0 fully saturated rings. The Morgan fingerprint density at radius 1 is 1.12 bits per heavy atom. The third-order valence-electron chi connectivity index (χ3n) is 3.51. The molecule has 2 aromatic carbocycles. The first-order valence-corrected chi connectivity index (χ1v) is 7.72. The standard InChI is InChI=1S/C19H19N3O2/c1-13-5-3-8-17(9-13)24-12-19(23)20-16-7-4-6-15(11-16)18-10-14(2)21-22-18/h3-11H,12H2,1-2H3,(H,20,23)(H,21,22). The van der Waals surface area contributed by atoms with Crippen LogP contribution in [0.3, 0.4) is 0 Å². The summed E-state index contributed by atoms with van der Waals surface area (Å²) < 4.78 is 5.51. The fraction of sp³-hybridized carbons (Fsp3) is 0.158. The molecule has 1 heterocycles. The normalized spacial score (nSPS) is 10.4. The van der Waals surface area contributed by atoms with Crippen molar-refractivity contribution in [1.82, 2.24) is 10.2 Å². The number of benzene rings is 2. The highest BCUT2D eigenvalue weighted by molar-refractivity contribution is 5.92. The zero-order chi connectivity index (χ0) is 16.9. The molecular weight excluding hydrogens is 302 g/mol. The number of anilines is 1. The molecule has 0 radical (unpaired) electrons. The number of ether oxygens (including phenoxy) is 1. The Kier molecular flexibility index (Phi) is 4.61. The molecule has 0 saturated carbocycles. The summed E-state index contributed by atoms with van der Waals surface area (Å²) in [4.78, 5) is 12.1. The van der Waals surface area contributed by atoms with Crippen LogP contribution in [-0.2, 0) is 4.79 Å².